The Balaban J connectivity index is 1.62. The topological polar surface area (TPSA) is 32.8 Å². The fraction of sp³-hybridized carbons (Fsp3) is 0.500. The average molecular weight is 332 g/mol. The molecule has 1 saturated heterocycles. The molecule has 4 nitrogen and oxygen atoms in total. The lowest BCUT2D eigenvalue weighted by atomic mass is 10.1. The van der Waals surface area contributed by atoms with Crippen LogP contribution in [0.3, 0.4) is 0 Å². The van der Waals surface area contributed by atoms with E-state index in [1.807, 2.05) is 35.5 Å². The minimum atomic E-state index is 0.108. The molecule has 0 spiro atoms. The standard InChI is InChI=1S/C18H24N2O2S/c1-13-10-20(11-14(2)22-13)9-8-19(3)18(21)16-12-23-17-7-5-4-6-15(16)17/h4-7,12-14H,8-11H2,1-3H3/t13-,14+. The van der Waals surface area contributed by atoms with E-state index >= 15 is 0 Å². The second kappa shape index (κ2) is 6.99. The van der Waals surface area contributed by atoms with Crippen LogP contribution in [0.25, 0.3) is 10.1 Å². The summed E-state index contributed by atoms with van der Waals surface area (Å²) in [4.78, 5) is 16.9. The van der Waals surface area contributed by atoms with E-state index in [1.54, 1.807) is 11.3 Å². The number of benzene rings is 1. The number of rotatable bonds is 4. The molecule has 23 heavy (non-hydrogen) atoms. The number of thiophene rings is 1. The third-order valence-electron chi connectivity index (χ3n) is 4.30. The predicted molar refractivity (Wildman–Crippen MR) is 95.2 cm³/mol. The minimum absolute atomic E-state index is 0.108. The molecule has 0 bridgehead atoms. The van der Waals surface area contributed by atoms with Crippen molar-refractivity contribution in [2.45, 2.75) is 26.1 Å². The molecule has 1 aromatic heterocycles. The minimum Gasteiger partial charge on any atom is -0.373 e. The Bertz CT molecular complexity index is 674. The number of fused-ring (bicyclic) bond motifs is 1. The Kier molecular flexibility index (Phi) is 4.99. The zero-order chi connectivity index (χ0) is 16.4. The number of carbonyl (C=O) groups is 1. The molecule has 1 amide bonds. The van der Waals surface area contributed by atoms with E-state index in [2.05, 4.69) is 24.8 Å². The number of hydrogen-bond donors (Lipinski definition) is 0. The smallest absolute Gasteiger partial charge is 0.255 e. The summed E-state index contributed by atoms with van der Waals surface area (Å²) in [5, 5.41) is 3.03. The first-order valence-corrected chi connectivity index (χ1v) is 9.02. The van der Waals surface area contributed by atoms with Crippen molar-refractivity contribution < 1.29 is 9.53 Å². The Morgan fingerprint density at radius 1 is 1.30 bits per heavy atom. The van der Waals surface area contributed by atoms with Gasteiger partial charge in [0, 0.05) is 48.7 Å². The van der Waals surface area contributed by atoms with Gasteiger partial charge in [0.05, 0.1) is 17.8 Å². The number of morpholine rings is 1. The van der Waals surface area contributed by atoms with Gasteiger partial charge in [-0.05, 0) is 19.9 Å². The van der Waals surface area contributed by atoms with Gasteiger partial charge in [-0.1, -0.05) is 18.2 Å². The van der Waals surface area contributed by atoms with Crippen molar-refractivity contribution in [3.05, 3.63) is 35.2 Å². The number of nitrogens with zero attached hydrogens (tertiary/aromatic N) is 2. The summed E-state index contributed by atoms with van der Waals surface area (Å²) in [6, 6.07) is 8.09. The van der Waals surface area contributed by atoms with Gasteiger partial charge < -0.3 is 9.64 Å². The van der Waals surface area contributed by atoms with Crippen molar-refractivity contribution in [2.75, 3.05) is 33.2 Å². The van der Waals surface area contributed by atoms with E-state index in [0.29, 0.717) is 0 Å². The molecule has 2 aromatic rings. The highest BCUT2D eigenvalue weighted by Crippen LogP contribution is 2.26. The van der Waals surface area contributed by atoms with Crippen molar-refractivity contribution in [2.24, 2.45) is 0 Å². The number of likely N-dealkylation sites (N-methyl/N-ethyl adjacent to an activating group) is 1. The molecule has 5 heteroatoms. The van der Waals surface area contributed by atoms with E-state index in [9.17, 15) is 4.79 Å². The van der Waals surface area contributed by atoms with Crippen LogP contribution in [-0.4, -0.2) is 61.1 Å². The van der Waals surface area contributed by atoms with E-state index in [4.69, 9.17) is 4.74 Å². The lowest BCUT2D eigenvalue weighted by Crippen LogP contribution is -2.48. The Morgan fingerprint density at radius 2 is 2.00 bits per heavy atom. The van der Waals surface area contributed by atoms with Crippen LogP contribution >= 0.6 is 11.3 Å². The molecule has 0 N–H and O–H groups in total. The first-order valence-electron chi connectivity index (χ1n) is 8.14. The second-order valence-corrected chi connectivity index (χ2v) is 7.30. The fourth-order valence-electron chi connectivity index (χ4n) is 3.21. The van der Waals surface area contributed by atoms with Crippen LogP contribution in [0.4, 0.5) is 0 Å². The van der Waals surface area contributed by atoms with Crippen molar-refractivity contribution in [3.8, 4) is 0 Å². The average Bonchev–Trinajstić information content (AvgIpc) is 2.95. The Labute approximate surface area is 141 Å². The number of amides is 1. The monoisotopic (exact) mass is 332 g/mol. The first kappa shape index (κ1) is 16.4. The molecular formula is C18H24N2O2S. The molecule has 124 valence electrons. The normalized spacial score (nSPS) is 22.4. The summed E-state index contributed by atoms with van der Waals surface area (Å²) in [7, 11) is 1.89. The van der Waals surface area contributed by atoms with E-state index in [-0.39, 0.29) is 18.1 Å². The molecule has 0 radical (unpaired) electrons. The van der Waals surface area contributed by atoms with E-state index in [1.165, 1.54) is 4.70 Å². The Morgan fingerprint density at radius 3 is 2.74 bits per heavy atom. The highest BCUT2D eigenvalue weighted by Gasteiger charge is 2.23. The number of carbonyl (C=O) groups excluding carboxylic acids is 1. The van der Waals surface area contributed by atoms with Gasteiger partial charge in [-0.25, -0.2) is 0 Å². The van der Waals surface area contributed by atoms with Crippen molar-refractivity contribution in [1.29, 1.82) is 0 Å². The van der Waals surface area contributed by atoms with Gasteiger partial charge in [0.2, 0.25) is 0 Å². The lowest BCUT2D eigenvalue weighted by Gasteiger charge is -2.36. The lowest BCUT2D eigenvalue weighted by molar-refractivity contribution is -0.0685. The molecule has 1 fully saturated rings. The van der Waals surface area contributed by atoms with Crippen molar-refractivity contribution >= 4 is 27.3 Å². The fourth-order valence-corrected chi connectivity index (χ4v) is 4.14. The molecule has 1 aliphatic rings. The zero-order valence-corrected chi connectivity index (χ0v) is 14.8. The summed E-state index contributed by atoms with van der Waals surface area (Å²) in [5.41, 5.74) is 0.816. The second-order valence-electron chi connectivity index (χ2n) is 6.39. The third-order valence-corrected chi connectivity index (χ3v) is 5.27. The van der Waals surface area contributed by atoms with Crippen LogP contribution < -0.4 is 0 Å². The molecule has 1 aliphatic heterocycles. The van der Waals surface area contributed by atoms with Crippen LogP contribution in [0.5, 0.6) is 0 Å². The van der Waals surface area contributed by atoms with Crippen molar-refractivity contribution in [3.63, 3.8) is 0 Å². The largest absolute Gasteiger partial charge is 0.373 e. The molecule has 2 heterocycles. The quantitative estimate of drug-likeness (QED) is 0.862. The molecule has 0 aliphatic carbocycles. The molecule has 0 unspecified atom stereocenters. The van der Waals surface area contributed by atoms with Crippen LogP contribution in [-0.2, 0) is 4.74 Å². The van der Waals surface area contributed by atoms with Gasteiger partial charge in [-0.15, -0.1) is 11.3 Å². The van der Waals surface area contributed by atoms with Crippen LogP contribution in [0.2, 0.25) is 0 Å². The van der Waals surface area contributed by atoms with Gasteiger partial charge in [0.15, 0.2) is 0 Å². The summed E-state index contributed by atoms with van der Waals surface area (Å²) in [6.45, 7) is 7.72. The van der Waals surface area contributed by atoms with Gasteiger partial charge in [-0.2, -0.15) is 0 Å². The third kappa shape index (κ3) is 3.74. The van der Waals surface area contributed by atoms with Gasteiger partial charge >= 0.3 is 0 Å². The SMILES string of the molecule is C[C@@H]1CN(CCN(C)C(=O)c2csc3ccccc23)C[C@H](C)O1. The maximum atomic E-state index is 12.7. The molecule has 0 saturated carbocycles. The maximum absolute atomic E-state index is 12.7. The highest BCUT2D eigenvalue weighted by atomic mass is 32.1. The molecule has 1 aromatic carbocycles. The van der Waals surface area contributed by atoms with Crippen molar-refractivity contribution in [1.82, 2.24) is 9.80 Å². The number of ether oxygens (including phenoxy) is 1. The summed E-state index contributed by atoms with van der Waals surface area (Å²) >= 11 is 1.63. The van der Waals surface area contributed by atoms with Crippen LogP contribution in [0, 0.1) is 0 Å². The predicted octanol–water partition coefficient (Wildman–Crippen LogP) is 3.08. The summed E-state index contributed by atoms with van der Waals surface area (Å²) in [6.07, 6.45) is 0.529. The van der Waals surface area contributed by atoms with Gasteiger partial charge in [0.1, 0.15) is 0 Å². The molecule has 3 rings (SSSR count). The molecular weight excluding hydrogens is 308 g/mol. The van der Waals surface area contributed by atoms with Crippen LogP contribution in [0.15, 0.2) is 29.6 Å². The molecule has 2 atom stereocenters. The van der Waals surface area contributed by atoms with Crippen LogP contribution in [0.1, 0.15) is 24.2 Å². The first-order chi connectivity index (χ1) is 11.0. The van der Waals surface area contributed by atoms with Gasteiger partial charge in [-0.3, -0.25) is 9.69 Å². The zero-order valence-electron chi connectivity index (χ0n) is 14.0. The summed E-state index contributed by atoms with van der Waals surface area (Å²) < 4.78 is 6.92. The highest BCUT2D eigenvalue weighted by molar-refractivity contribution is 7.17. The van der Waals surface area contributed by atoms with Gasteiger partial charge in [0.25, 0.3) is 5.91 Å². The van der Waals surface area contributed by atoms with E-state index < -0.39 is 0 Å². The van der Waals surface area contributed by atoms with E-state index in [0.717, 1.165) is 37.1 Å². The summed E-state index contributed by atoms with van der Waals surface area (Å²) in [5.74, 6) is 0.108. The Hall–Kier alpha value is -1.43. The number of hydrogen-bond acceptors (Lipinski definition) is 4. The maximum Gasteiger partial charge on any atom is 0.255 e.